The zero-order valence-corrected chi connectivity index (χ0v) is 13.5. The third kappa shape index (κ3) is 2.99. The fourth-order valence-electron chi connectivity index (χ4n) is 3.44. The van der Waals surface area contributed by atoms with Crippen LogP contribution in [0.2, 0.25) is 0 Å². The summed E-state index contributed by atoms with van der Waals surface area (Å²) >= 11 is 1.64. The number of hydrogen-bond acceptors (Lipinski definition) is 5. The monoisotopic (exact) mass is 326 g/mol. The van der Waals surface area contributed by atoms with Crippen molar-refractivity contribution in [1.82, 2.24) is 14.9 Å². The molecule has 0 bridgehead atoms. The van der Waals surface area contributed by atoms with Gasteiger partial charge in [0.15, 0.2) is 0 Å². The Bertz CT molecular complexity index is 687. The topological polar surface area (TPSA) is 49.3 Å². The van der Waals surface area contributed by atoms with Gasteiger partial charge in [-0.05, 0) is 23.6 Å². The molecule has 4 heterocycles. The number of carbonyl (C=O) groups is 1. The minimum atomic E-state index is 0.121. The largest absolute Gasteiger partial charge is 0.340 e. The first-order chi connectivity index (χ1) is 11.3. The number of thiophene rings is 1. The van der Waals surface area contributed by atoms with E-state index < -0.39 is 0 Å². The molecule has 0 spiro atoms. The molecule has 2 unspecified atom stereocenters. The second-order valence-corrected chi connectivity index (χ2v) is 7.05. The van der Waals surface area contributed by atoms with Gasteiger partial charge in [-0.25, -0.2) is 9.97 Å². The lowest BCUT2D eigenvalue weighted by atomic mass is 10.0. The molecule has 1 amide bonds. The van der Waals surface area contributed by atoms with Crippen LogP contribution in [0.3, 0.4) is 0 Å². The van der Waals surface area contributed by atoms with Gasteiger partial charge in [0, 0.05) is 61.4 Å². The number of nitrogens with zero attached hydrogens (tertiary/aromatic N) is 4. The van der Waals surface area contributed by atoms with Crippen molar-refractivity contribution >= 4 is 29.3 Å². The molecule has 4 rings (SSSR count). The van der Waals surface area contributed by atoms with Gasteiger partial charge in [-0.3, -0.25) is 4.79 Å². The van der Waals surface area contributed by atoms with E-state index in [1.165, 1.54) is 0 Å². The van der Waals surface area contributed by atoms with Gasteiger partial charge in [0.2, 0.25) is 11.9 Å². The van der Waals surface area contributed by atoms with Crippen LogP contribution in [0, 0.1) is 11.8 Å². The Kier molecular flexibility index (Phi) is 3.83. The minimum Gasteiger partial charge on any atom is -0.340 e. The van der Waals surface area contributed by atoms with E-state index in [1.807, 2.05) is 34.6 Å². The van der Waals surface area contributed by atoms with Crippen molar-refractivity contribution in [1.29, 1.82) is 0 Å². The molecule has 2 aliphatic rings. The maximum atomic E-state index is 12.3. The predicted octanol–water partition coefficient (Wildman–Crippen LogP) is 2.15. The van der Waals surface area contributed by atoms with Crippen molar-refractivity contribution in [3.63, 3.8) is 0 Å². The number of aromatic nitrogens is 2. The Hall–Kier alpha value is -2.21. The summed E-state index contributed by atoms with van der Waals surface area (Å²) < 4.78 is 0. The molecule has 6 heteroatoms. The Labute approximate surface area is 139 Å². The number of hydrogen-bond donors (Lipinski definition) is 0. The number of rotatable bonds is 3. The summed E-state index contributed by atoms with van der Waals surface area (Å²) in [7, 11) is 0. The van der Waals surface area contributed by atoms with Crippen LogP contribution in [-0.4, -0.2) is 47.0 Å². The van der Waals surface area contributed by atoms with Gasteiger partial charge in [0.05, 0.1) is 0 Å². The second-order valence-electron chi connectivity index (χ2n) is 6.07. The molecule has 0 saturated carbocycles. The molecule has 2 saturated heterocycles. The highest BCUT2D eigenvalue weighted by atomic mass is 32.1. The molecule has 5 nitrogen and oxygen atoms in total. The van der Waals surface area contributed by atoms with Crippen LogP contribution < -0.4 is 4.90 Å². The Morgan fingerprint density at radius 2 is 1.87 bits per heavy atom. The average molecular weight is 326 g/mol. The highest BCUT2D eigenvalue weighted by Gasteiger charge is 2.41. The third-order valence-electron chi connectivity index (χ3n) is 4.57. The molecule has 2 fully saturated rings. The van der Waals surface area contributed by atoms with Gasteiger partial charge >= 0.3 is 0 Å². The molecular formula is C17H18N4OS. The fourth-order valence-corrected chi connectivity index (χ4v) is 4.05. The smallest absolute Gasteiger partial charge is 0.246 e. The second kappa shape index (κ2) is 6.12. The lowest BCUT2D eigenvalue weighted by molar-refractivity contribution is -0.125. The predicted molar refractivity (Wildman–Crippen MR) is 91.2 cm³/mol. The third-order valence-corrected chi connectivity index (χ3v) is 5.40. The van der Waals surface area contributed by atoms with Crippen molar-refractivity contribution in [3.8, 4) is 0 Å². The average Bonchev–Trinajstić information content (AvgIpc) is 3.29. The molecular weight excluding hydrogens is 308 g/mol. The Morgan fingerprint density at radius 1 is 1.13 bits per heavy atom. The highest BCUT2D eigenvalue weighted by Crippen LogP contribution is 2.32. The first kappa shape index (κ1) is 14.4. The Morgan fingerprint density at radius 3 is 2.52 bits per heavy atom. The van der Waals surface area contributed by atoms with E-state index in [0.717, 1.165) is 37.0 Å². The zero-order chi connectivity index (χ0) is 15.6. The number of anilines is 1. The van der Waals surface area contributed by atoms with Crippen molar-refractivity contribution in [3.05, 3.63) is 46.9 Å². The van der Waals surface area contributed by atoms with E-state index >= 15 is 0 Å². The summed E-state index contributed by atoms with van der Waals surface area (Å²) in [6.45, 7) is 3.55. The zero-order valence-electron chi connectivity index (χ0n) is 12.7. The summed E-state index contributed by atoms with van der Waals surface area (Å²) in [5.41, 5.74) is 0. The summed E-state index contributed by atoms with van der Waals surface area (Å²) in [6, 6.07) is 5.85. The molecule has 118 valence electrons. The standard InChI is InChI=1S/C17H18N4OS/c22-16(5-4-15-3-1-8-23-15)20-9-13-11-21(12-14(13)10-20)17-18-6-2-7-19-17/h1-8,13-14H,9-12H2/b5-4+. The number of amides is 1. The first-order valence-electron chi connectivity index (χ1n) is 7.82. The minimum absolute atomic E-state index is 0.121. The lowest BCUT2D eigenvalue weighted by Gasteiger charge is -2.20. The summed E-state index contributed by atoms with van der Waals surface area (Å²) in [5.74, 6) is 1.98. The van der Waals surface area contributed by atoms with Crippen LogP contribution in [0.1, 0.15) is 4.88 Å². The molecule has 2 atom stereocenters. The van der Waals surface area contributed by atoms with Crippen LogP contribution >= 0.6 is 11.3 Å². The van der Waals surface area contributed by atoms with Crippen molar-refractivity contribution in [2.75, 3.05) is 31.1 Å². The van der Waals surface area contributed by atoms with Gasteiger partial charge in [-0.2, -0.15) is 0 Å². The molecule has 23 heavy (non-hydrogen) atoms. The van der Waals surface area contributed by atoms with Crippen LogP contribution in [0.5, 0.6) is 0 Å². The molecule has 0 aromatic carbocycles. The van der Waals surface area contributed by atoms with Crippen molar-refractivity contribution in [2.24, 2.45) is 11.8 Å². The molecule has 2 aliphatic heterocycles. The molecule has 0 N–H and O–H groups in total. The van der Waals surface area contributed by atoms with Crippen LogP contribution in [-0.2, 0) is 4.79 Å². The van der Waals surface area contributed by atoms with E-state index in [2.05, 4.69) is 14.9 Å². The van der Waals surface area contributed by atoms with Crippen LogP contribution in [0.4, 0.5) is 5.95 Å². The highest BCUT2D eigenvalue weighted by molar-refractivity contribution is 7.10. The van der Waals surface area contributed by atoms with E-state index in [9.17, 15) is 4.79 Å². The van der Waals surface area contributed by atoms with Gasteiger partial charge in [0.1, 0.15) is 0 Å². The van der Waals surface area contributed by atoms with Crippen LogP contribution in [0.25, 0.3) is 6.08 Å². The van der Waals surface area contributed by atoms with Gasteiger partial charge < -0.3 is 9.80 Å². The number of carbonyl (C=O) groups excluding carboxylic acids is 1. The quantitative estimate of drug-likeness (QED) is 0.811. The SMILES string of the molecule is O=C(/C=C/c1cccs1)N1CC2CN(c3ncccn3)CC2C1. The van der Waals surface area contributed by atoms with Gasteiger partial charge in [-0.1, -0.05) is 6.07 Å². The van der Waals surface area contributed by atoms with Gasteiger partial charge in [0.25, 0.3) is 0 Å². The van der Waals surface area contributed by atoms with E-state index in [-0.39, 0.29) is 5.91 Å². The molecule has 2 aromatic heterocycles. The molecule has 0 radical (unpaired) electrons. The van der Waals surface area contributed by atoms with E-state index in [4.69, 9.17) is 0 Å². The van der Waals surface area contributed by atoms with Gasteiger partial charge in [-0.15, -0.1) is 11.3 Å². The fraction of sp³-hybridized carbons (Fsp3) is 0.353. The van der Waals surface area contributed by atoms with Crippen molar-refractivity contribution in [2.45, 2.75) is 0 Å². The number of likely N-dealkylation sites (tertiary alicyclic amines) is 1. The first-order valence-corrected chi connectivity index (χ1v) is 8.70. The van der Waals surface area contributed by atoms with E-state index in [1.54, 1.807) is 29.8 Å². The summed E-state index contributed by atoms with van der Waals surface area (Å²) in [6.07, 6.45) is 7.17. The molecule has 0 aliphatic carbocycles. The summed E-state index contributed by atoms with van der Waals surface area (Å²) in [4.78, 5) is 26.3. The molecule has 2 aromatic rings. The van der Waals surface area contributed by atoms with E-state index in [0.29, 0.717) is 11.8 Å². The normalized spacial score (nSPS) is 23.7. The maximum absolute atomic E-state index is 12.3. The lowest BCUT2D eigenvalue weighted by Crippen LogP contribution is -2.32. The maximum Gasteiger partial charge on any atom is 0.246 e. The Balaban J connectivity index is 1.36. The summed E-state index contributed by atoms with van der Waals surface area (Å²) in [5, 5.41) is 2.02. The van der Waals surface area contributed by atoms with Crippen molar-refractivity contribution < 1.29 is 4.79 Å². The van der Waals surface area contributed by atoms with Crippen LogP contribution in [0.15, 0.2) is 42.0 Å². The number of fused-ring (bicyclic) bond motifs is 1.